The Morgan fingerprint density at radius 3 is 1.93 bits per heavy atom. The van der Waals surface area contributed by atoms with Crippen LogP contribution in [0.15, 0.2) is 120 Å². The molecule has 0 radical (unpaired) electrons. The molecule has 4 aromatic rings. The Labute approximate surface area is 266 Å². The fourth-order valence-electron chi connectivity index (χ4n) is 4.38. The van der Waals surface area contributed by atoms with Crippen LogP contribution < -0.4 is 5.32 Å². The molecule has 0 unspecified atom stereocenters. The van der Waals surface area contributed by atoms with Crippen molar-refractivity contribution in [1.29, 1.82) is 0 Å². The number of hydrogen-bond donors (Lipinski definition) is 1. The van der Waals surface area contributed by atoms with Gasteiger partial charge in [-0.25, -0.2) is 14.6 Å². The van der Waals surface area contributed by atoms with Crippen molar-refractivity contribution in [2.45, 2.75) is 45.0 Å². The Balaban J connectivity index is 1.73. The van der Waals surface area contributed by atoms with Crippen LogP contribution in [0.1, 0.15) is 48.6 Å². The maximum atomic E-state index is 13.9. The van der Waals surface area contributed by atoms with Gasteiger partial charge in [0.25, 0.3) is 0 Å². The molecular weight excluding hydrogens is 591 g/mol. The van der Waals surface area contributed by atoms with Gasteiger partial charge in [-0.3, -0.25) is 0 Å². The fourth-order valence-corrected chi connectivity index (χ4v) is 4.38. The first kappa shape index (κ1) is 33.5. The number of ether oxygens (including phenoxy) is 1. The Kier molecular flexibility index (Phi) is 11.0. The highest BCUT2D eigenvalue weighted by Gasteiger charge is 2.31. The first-order chi connectivity index (χ1) is 21.9. The predicted octanol–water partition coefficient (Wildman–Crippen LogP) is 7.47. The highest BCUT2D eigenvalue weighted by molar-refractivity contribution is 6.13. The van der Waals surface area contributed by atoms with E-state index in [-0.39, 0.29) is 18.5 Å². The van der Waals surface area contributed by atoms with Crippen molar-refractivity contribution in [3.8, 4) is 11.8 Å². The summed E-state index contributed by atoms with van der Waals surface area (Å²) >= 11 is 0. The lowest BCUT2D eigenvalue weighted by molar-refractivity contribution is -0.157. The number of halogens is 3. The third kappa shape index (κ3) is 10.1. The molecule has 0 heterocycles. The minimum absolute atomic E-state index is 0.126. The monoisotopic (exact) mass is 625 g/mol. The number of hydrazone groups is 1. The Morgan fingerprint density at radius 2 is 1.39 bits per heavy atom. The van der Waals surface area contributed by atoms with Crippen molar-refractivity contribution in [1.82, 2.24) is 10.3 Å². The molecule has 4 aromatic carbocycles. The third-order valence-electron chi connectivity index (χ3n) is 6.47. The lowest BCUT2D eigenvalue weighted by atomic mass is 10.0. The molecule has 46 heavy (non-hydrogen) atoms. The van der Waals surface area contributed by atoms with Gasteiger partial charge in [0, 0.05) is 23.1 Å². The van der Waals surface area contributed by atoms with E-state index in [4.69, 9.17) is 9.84 Å². The van der Waals surface area contributed by atoms with E-state index < -0.39 is 35.4 Å². The summed E-state index contributed by atoms with van der Waals surface area (Å²) in [5.41, 5.74) is 1.17. The highest BCUT2D eigenvalue weighted by Crippen LogP contribution is 2.29. The second-order valence-corrected chi connectivity index (χ2v) is 11.3. The van der Waals surface area contributed by atoms with Gasteiger partial charge < -0.3 is 10.1 Å². The van der Waals surface area contributed by atoms with E-state index in [1.54, 1.807) is 20.8 Å². The molecule has 4 rings (SSSR count). The summed E-state index contributed by atoms with van der Waals surface area (Å²) in [5, 5.41) is 8.53. The molecule has 0 saturated carbocycles. The van der Waals surface area contributed by atoms with E-state index in [1.165, 1.54) is 12.1 Å². The van der Waals surface area contributed by atoms with Crippen LogP contribution in [0.4, 0.5) is 18.0 Å². The summed E-state index contributed by atoms with van der Waals surface area (Å²) in [6.07, 6.45) is -4.37. The average Bonchev–Trinajstić information content (AvgIpc) is 3.02. The Morgan fingerprint density at radius 1 is 0.826 bits per heavy atom. The van der Waals surface area contributed by atoms with Crippen molar-refractivity contribution in [3.63, 3.8) is 0 Å². The van der Waals surface area contributed by atoms with Crippen LogP contribution in [0, 0.1) is 11.8 Å². The zero-order valence-electron chi connectivity index (χ0n) is 25.7. The Bertz CT molecular complexity index is 1670. The molecule has 0 spiro atoms. The minimum atomic E-state index is -4.52. The Hall–Kier alpha value is -5.36. The van der Waals surface area contributed by atoms with Gasteiger partial charge in [0.1, 0.15) is 18.2 Å². The number of hydrogen-bond acceptors (Lipinski definition) is 4. The second kappa shape index (κ2) is 15.1. The van der Waals surface area contributed by atoms with Crippen LogP contribution in [0.25, 0.3) is 0 Å². The predicted molar refractivity (Wildman–Crippen MR) is 172 cm³/mol. The molecule has 0 aromatic heterocycles. The number of rotatable bonds is 8. The van der Waals surface area contributed by atoms with Crippen molar-refractivity contribution < 1.29 is 27.5 Å². The summed E-state index contributed by atoms with van der Waals surface area (Å²) in [5.74, 6) is 4.86. The standard InChI is InChI=1S/C37H34F3N3O3/c1-36(2,3)46-34(44)32(26-28-15-7-4-8-16-28)41-35(45)43(24-14-18-27-17-13-23-31(25-27)37(38,39)40)42-33(29-19-9-5-10-20-29)30-21-11-6-12-22-30/h4-13,15-17,19-23,25,32H,24,26H2,1-3H3,(H,41,45)/t32-/m1/s1. The van der Waals surface area contributed by atoms with Gasteiger partial charge in [0.15, 0.2) is 0 Å². The minimum Gasteiger partial charge on any atom is -0.458 e. The summed E-state index contributed by atoms with van der Waals surface area (Å²) < 4.78 is 45.4. The van der Waals surface area contributed by atoms with E-state index >= 15 is 0 Å². The molecule has 0 saturated heterocycles. The van der Waals surface area contributed by atoms with Crippen molar-refractivity contribution in [3.05, 3.63) is 143 Å². The first-order valence-electron chi connectivity index (χ1n) is 14.6. The van der Waals surface area contributed by atoms with E-state index in [0.29, 0.717) is 16.8 Å². The molecular formula is C37H34F3N3O3. The molecule has 1 atom stereocenters. The maximum absolute atomic E-state index is 13.9. The van der Waals surface area contributed by atoms with Crippen LogP contribution >= 0.6 is 0 Å². The number of urea groups is 1. The van der Waals surface area contributed by atoms with Crippen molar-refractivity contribution >= 4 is 17.7 Å². The molecule has 0 fully saturated rings. The number of esters is 1. The lowest BCUT2D eigenvalue weighted by Crippen LogP contribution is -2.49. The maximum Gasteiger partial charge on any atom is 0.416 e. The summed E-state index contributed by atoms with van der Waals surface area (Å²) in [6, 6.07) is 30.4. The normalized spacial score (nSPS) is 11.8. The molecule has 0 aliphatic heterocycles. The first-order valence-corrected chi connectivity index (χ1v) is 14.6. The molecule has 2 amide bonds. The van der Waals surface area contributed by atoms with Gasteiger partial charge in [-0.05, 0) is 44.5 Å². The number of nitrogens with zero attached hydrogens (tertiary/aromatic N) is 2. The van der Waals surface area contributed by atoms with Gasteiger partial charge in [0.05, 0.1) is 11.3 Å². The van der Waals surface area contributed by atoms with E-state index in [1.807, 2.05) is 91.0 Å². The highest BCUT2D eigenvalue weighted by atomic mass is 19.4. The van der Waals surface area contributed by atoms with E-state index in [2.05, 4.69) is 17.2 Å². The van der Waals surface area contributed by atoms with Gasteiger partial charge in [0.2, 0.25) is 0 Å². The van der Waals surface area contributed by atoms with Crippen molar-refractivity contribution in [2.75, 3.05) is 6.54 Å². The SMILES string of the molecule is CC(C)(C)OC(=O)[C@@H](Cc1ccccc1)NC(=O)N(CC#Cc1cccc(C(F)(F)F)c1)N=C(c1ccccc1)c1ccccc1. The number of amides is 2. The van der Waals surface area contributed by atoms with Crippen LogP contribution in [0.3, 0.4) is 0 Å². The summed E-state index contributed by atoms with van der Waals surface area (Å²) in [7, 11) is 0. The van der Waals surface area contributed by atoms with Gasteiger partial charge >= 0.3 is 18.2 Å². The molecule has 0 aliphatic carbocycles. The molecule has 0 bridgehead atoms. The van der Waals surface area contributed by atoms with Crippen LogP contribution in [0.5, 0.6) is 0 Å². The van der Waals surface area contributed by atoms with Crippen LogP contribution in [0.2, 0.25) is 0 Å². The van der Waals surface area contributed by atoms with Gasteiger partial charge in [-0.1, -0.05) is 109 Å². The zero-order valence-corrected chi connectivity index (χ0v) is 25.7. The number of carbonyl (C=O) groups excluding carboxylic acids is 2. The van der Waals surface area contributed by atoms with Crippen LogP contribution in [-0.2, 0) is 22.1 Å². The summed E-state index contributed by atoms with van der Waals surface area (Å²) in [4.78, 5) is 27.2. The smallest absolute Gasteiger partial charge is 0.416 e. The van der Waals surface area contributed by atoms with Crippen LogP contribution in [-0.4, -0.2) is 40.9 Å². The number of carbonyl (C=O) groups is 2. The van der Waals surface area contributed by atoms with Gasteiger partial charge in [-0.15, -0.1) is 0 Å². The van der Waals surface area contributed by atoms with Crippen molar-refractivity contribution in [2.24, 2.45) is 5.10 Å². The molecule has 0 aliphatic rings. The molecule has 9 heteroatoms. The quantitative estimate of drug-likeness (QED) is 0.0956. The van der Waals surface area contributed by atoms with E-state index in [9.17, 15) is 22.8 Å². The lowest BCUT2D eigenvalue weighted by Gasteiger charge is -2.26. The zero-order chi connectivity index (χ0) is 33.2. The summed E-state index contributed by atoms with van der Waals surface area (Å²) in [6.45, 7) is 4.91. The van der Waals surface area contributed by atoms with Gasteiger partial charge in [-0.2, -0.15) is 18.3 Å². The number of benzene rings is 4. The topological polar surface area (TPSA) is 71.0 Å². The number of alkyl halides is 3. The fraction of sp³-hybridized carbons (Fsp3) is 0.216. The van der Waals surface area contributed by atoms with E-state index in [0.717, 1.165) is 22.7 Å². The average molecular weight is 626 g/mol. The molecule has 1 N–H and O–H groups in total. The number of nitrogens with one attached hydrogen (secondary N) is 1. The molecule has 6 nitrogen and oxygen atoms in total. The molecule has 236 valence electrons. The third-order valence-corrected chi connectivity index (χ3v) is 6.47. The largest absolute Gasteiger partial charge is 0.458 e. The second-order valence-electron chi connectivity index (χ2n) is 11.3.